The van der Waals surface area contributed by atoms with E-state index in [-0.39, 0.29) is 0 Å². The van der Waals surface area contributed by atoms with Gasteiger partial charge in [-0.2, -0.15) is 0 Å². The Hall–Kier alpha value is -7.36. The monoisotopic (exact) mass is 703 g/mol. The number of anilines is 3. The summed E-state index contributed by atoms with van der Waals surface area (Å²) in [6, 6.07) is 70.8. The molecule has 9 aromatic carbocycles. The Bertz CT molecular complexity index is 3180. The molecule has 0 amide bonds. The Morgan fingerprint density at radius 1 is 0.309 bits per heavy atom. The lowest BCUT2D eigenvalue weighted by Crippen LogP contribution is -2.10. The number of para-hydroxylation sites is 2. The Morgan fingerprint density at radius 3 is 1.56 bits per heavy atom. The van der Waals surface area contributed by atoms with E-state index in [0.29, 0.717) is 0 Å². The van der Waals surface area contributed by atoms with E-state index in [1.54, 1.807) is 0 Å². The molecule has 0 N–H and O–H groups in total. The Labute approximate surface area is 317 Å². The summed E-state index contributed by atoms with van der Waals surface area (Å²) in [6.07, 6.45) is 0. The van der Waals surface area contributed by atoms with Crippen LogP contribution in [0, 0.1) is 0 Å². The number of fused-ring (bicyclic) bond motifs is 8. The van der Waals surface area contributed by atoms with Gasteiger partial charge in [0.2, 0.25) is 0 Å². The van der Waals surface area contributed by atoms with Gasteiger partial charge in [-0.05, 0) is 81.7 Å². The normalized spacial score (nSPS) is 11.6. The molecule has 11 aromatic rings. The van der Waals surface area contributed by atoms with Crippen LogP contribution in [0.25, 0.3) is 88.0 Å². The van der Waals surface area contributed by atoms with Gasteiger partial charge in [0.25, 0.3) is 0 Å². The second-order valence-corrected chi connectivity index (χ2v) is 14.0. The van der Waals surface area contributed by atoms with Crippen LogP contribution >= 0.6 is 0 Å². The SMILES string of the molecule is c1ccc(-c2ccc(N(c3ccc(-c4cccc5c4oc4ccccc45)cc3)c3cccc4oc5c6ccccc6c(-c6ccccc6)cc5c34)cc2)cc1. The lowest BCUT2D eigenvalue weighted by molar-refractivity contribution is 0.670. The maximum Gasteiger partial charge on any atom is 0.143 e. The van der Waals surface area contributed by atoms with Crippen LogP contribution < -0.4 is 4.90 Å². The molecule has 0 atom stereocenters. The molecule has 0 saturated carbocycles. The topological polar surface area (TPSA) is 29.5 Å². The van der Waals surface area contributed by atoms with E-state index in [4.69, 9.17) is 8.83 Å². The predicted molar refractivity (Wildman–Crippen MR) is 229 cm³/mol. The minimum Gasteiger partial charge on any atom is -0.455 e. The largest absolute Gasteiger partial charge is 0.455 e. The van der Waals surface area contributed by atoms with Crippen molar-refractivity contribution in [3.8, 4) is 33.4 Å². The quantitative estimate of drug-likeness (QED) is 0.173. The minimum atomic E-state index is 0.849. The van der Waals surface area contributed by atoms with Crippen LogP contribution in [0.1, 0.15) is 0 Å². The van der Waals surface area contributed by atoms with E-state index >= 15 is 0 Å². The summed E-state index contributed by atoms with van der Waals surface area (Å²) in [7, 11) is 0. The molecule has 0 aliphatic rings. The number of hydrogen-bond donors (Lipinski definition) is 0. The summed E-state index contributed by atoms with van der Waals surface area (Å²) < 4.78 is 13.2. The molecule has 3 heteroatoms. The smallest absolute Gasteiger partial charge is 0.143 e. The standard InChI is InChI=1S/C52H33NO2/c1-3-13-34(14-4-1)35-25-29-38(30-26-35)53(39-31-27-37(28-32-39)40-20-11-21-44-42-18-9-10-23-48(42)54-51(40)44)47-22-12-24-49-50(47)46-33-45(36-15-5-2-6-16-36)41-17-7-8-19-43(41)52(46)55-49/h1-33H. The zero-order valence-corrected chi connectivity index (χ0v) is 29.8. The zero-order valence-electron chi connectivity index (χ0n) is 29.8. The van der Waals surface area contributed by atoms with Crippen LogP contribution in [-0.4, -0.2) is 0 Å². The average Bonchev–Trinajstić information content (AvgIpc) is 3.84. The number of rotatable bonds is 6. The van der Waals surface area contributed by atoms with Gasteiger partial charge in [-0.25, -0.2) is 0 Å². The van der Waals surface area contributed by atoms with Crippen LogP contribution in [0.3, 0.4) is 0 Å². The van der Waals surface area contributed by atoms with Crippen molar-refractivity contribution in [1.82, 2.24) is 0 Å². The minimum absolute atomic E-state index is 0.849. The van der Waals surface area contributed by atoms with Gasteiger partial charge in [-0.15, -0.1) is 0 Å². The number of benzene rings is 9. The van der Waals surface area contributed by atoms with Crippen molar-refractivity contribution >= 4 is 71.7 Å². The maximum absolute atomic E-state index is 6.80. The van der Waals surface area contributed by atoms with Gasteiger partial charge < -0.3 is 13.7 Å². The molecule has 0 fully saturated rings. The van der Waals surface area contributed by atoms with E-state index in [9.17, 15) is 0 Å². The van der Waals surface area contributed by atoms with Crippen molar-refractivity contribution in [2.45, 2.75) is 0 Å². The molecule has 258 valence electrons. The highest BCUT2D eigenvalue weighted by atomic mass is 16.3. The summed E-state index contributed by atoms with van der Waals surface area (Å²) in [5.41, 5.74) is 13.6. The molecular weight excluding hydrogens is 671 g/mol. The average molecular weight is 704 g/mol. The summed E-state index contributed by atoms with van der Waals surface area (Å²) in [6.45, 7) is 0. The van der Waals surface area contributed by atoms with Crippen molar-refractivity contribution in [2.24, 2.45) is 0 Å². The van der Waals surface area contributed by atoms with Gasteiger partial charge in [0.1, 0.15) is 22.3 Å². The lowest BCUT2D eigenvalue weighted by Gasteiger charge is -2.26. The Balaban J connectivity index is 1.12. The maximum atomic E-state index is 6.80. The van der Waals surface area contributed by atoms with Crippen molar-refractivity contribution in [1.29, 1.82) is 0 Å². The number of furan rings is 2. The van der Waals surface area contributed by atoms with Gasteiger partial charge in [0.15, 0.2) is 0 Å². The Morgan fingerprint density at radius 2 is 0.818 bits per heavy atom. The van der Waals surface area contributed by atoms with Crippen molar-refractivity contribution < 1.29 is 8.83 Å². The summed E-state index contributed by atoms with van der Waals surface area (Å²) in [4.78, 5) is 2.36. The predicted octanol–water partition coefficient (Wildman–Crippen LogP) is 15.1. The molecule has 0 saturated heterocycles. The van der Waals surface area contributed by atoms with Crippen molar-refractivity contribution in [3.05, 3.63) is 200 Å². The number of hydrogen-bond acceptors (Lipinski definition) is 3. The molecule has 0 radical (unpaired) electrons. The van der Waals surface area contributed by atoms with E-state index in [0.717, 1.165) is 77.5 Å². The van der Waals surface area contributed by atoms with Crippen molar-refractivity contribution in [2.75, 3.05) is 4.90 Å². The fourth-order valence-corrected chi connectivity index (χ4v) is 8.30. The van der Waals surface area contributed by atoms with Crippen LogP contribution in [0.4, 0.5) is 17.1 Å². The van der Waals surface area contributed by atoms with Crippen molar-refractivity contribution in [3.63, 3.8) is 0 Å². The lowest BCUT2D eigenvalue weighted by atomic mass is 9.95. The van der Waals surface area contributed by atoms with Crippen LogP contribution in [0.5, 0.6) is 0 Å². The molecule has 2 heterocycles. The van der Waals surface area contributed by atoms with E-state index in [1.807, 2.05) is 12.1 Å². The van der Waals surface area contributed by atoms with Crippen LogP contribution in [0.2, 0.25) is 0 Å². The van der Waals surface area contributed by atoms with Gasteiger partial charge in [0, 0.05) is 38.5 Å². The van der Waals surface area contributed by atoms with E-state index in [1.165, 1.54) is 27.6 Å². The second-order valence-electron chi connectivity index (χ2n) is 14.0. The Kier molecular flexibility index (Phi) is 7.17. The molecule has 0 unspecified atom stereocenters. The molecule has 0 bridgehead atoms. The van der Waals surface area contributed by atoms with Crippen LogP contribution in [-0.2, 0) is 0 Å². The molecule has 55 heavy (non-hydrogen) atoms. The van der Waals surface area contributed by atoms with Gasteiger partial charge in [-0.1, -0.05) is 152 Å². The third-order valence-electron chi connectivity index (χ3n) is 10.9. The third-order valence-corrected chi connectivity index (χ3v) is 10.9. The van der Waals surface area contributed by atoms with Crippen LogP contribution in [0.15, 0.2) is 209 Å². The van der Waals surface area contributed by atoms with E-state index < -0.39 is 0 Å². The fourth-order valence-electron chi connectivity index (χ4n) is 8.30. The highest BCUT2D eigenvalue weighted by Gasteiger charge is 2.22. The summed E-state index contributed by atoms with van der Waals surface area (Å²) >= 11 is 0. The molecule has 0 spiro atoms. The highest BCUT2D eigenvalue weighted by Crippen LogP contribution is 2.47. The summed E-state index contributed by atoms with van der Waals surface area (Å²) in [5.74, 6) is 0. The third kappa shape index (κ3) is 5.13. The van der Waals surface area contributed by atoms with Gasteiger partial charge >= 0.3 is 0 Å². The first-order valence-electron chi connectivity index (χ1n) is 18.7. The fraction of sp³-hybridized carbons (Fsp3) is 0. The summed E-state index contributed by atoms with van der Waals surface area (Å²) in [5, 5.41) is 6.68. The highest BCUT2D eigenvalue weighted by molar-refractivity contribution is 6.22. The number of nitrogens with zero attached hydrogens (tertiary/aromatic N) is 1. The molecule has 0 aliphatic heterocycles. The second kappa shape index (κ2) is 12.6. The zero-order chi connectivity index (χ0) is 36.3. The van der Waals surface area contributed by atoms with Gasteiger partial charge in [-0.3, -0.25) is 0 Å². The molecule has 11 rings (SSSR count). The molecule has 0 aliphatic carbocycles. The first-order chi connectivity index (χ1) is 27.3. The molecule has 3 nitrogen and oxygen atoms in total. The first-order valence-corrected chi connectivity index (χ1v) is 18.7. The molecule has 2 aromatic heterocycles. The van der Waals surface area contributed by atoms with E-state index in [2.05, 4.69) is 193 Å². The molecular formula is C52H33NO2. The van der Waals surface area contributed by atoms with Gasteiger partial charge in [0.05, 0.1) is 11.1 Å². The first kappa shape index (κ1) is 31.2.